The van der Waals surface area contributed by atoms with Crippen molar-refractivity contribution in [2.75, 3.05) is 19.6 Å². The Bertz CT molecular complexity index is 786. The van der Waals surface area contributed by atoms with Gasteiger partial charge in [0.05, 0.1) is 18.3 Å². The first-order valence-electron chi connectivity index (χ1n) is 9.32. The molecule has 2 aliphatic heterocycles. The van der Waals surface area contributed by atoms with Crippen LogP contribution in [-0.2, 0) is 6.54 Å². The molecule has 1 saturated heterocycles. The predicted molar refractivity (Wildman–Crippen MR) is 103 cm³/mol. The minimum atomic E-state index is 0.354. The van der Waals surface area contributed by atoms with Crippen molar-refractivity contribution in [3.8, 4) is 0 Å². The number of benzene rings is 1. The number of hydrogen-bond donors (Lipinski definition) is 1. The van der Waals surface area contributed by atoms with E-state index in [9.17, 15) is 5.11 Å². The Morgan fingerprint density at radius 2 is 1.88 bits per heavy atom. The van der Waals surface area contributed by atoms with E-state index in [0.29, 0.717) is 18.3 Å². The Morgan fingerprint density at radius 1 is 1.04 bits per heavy atom. The largest absolute Gasteiger partial charge is 0.510 e. The Balaban J connectivity index is 1.41. The molecule has 4 rings (SSSR count). The van der Waals surface area contributed by atoms with Gasteiger partial charge in [0.2, 0.25) is 0 Å². The quantitative estimate of drug-likeness (QED) is 0.885. The molecule has 0 amide bonds. The van der Waals surface area contributed by atoms with Crippen LogP contribution in [0.15, 0.2) is 78.3 Å². The average Bonchev–Trinajstić information content (AvgIpc) is 3.14. The molecule has 1 atom stereocenters. The molecule has 0 saturated carbocycles. The number of pyridine rings is 1. The highest BCUT2D eigenvalue weighted by molar-refractivity contribution is 5.29. The molecule has 1 N–H and O–H groups in total. The number of likely N-dealkylation sites (tertiary alicyclic amines) is 1. The Morgan fingerprint density at radius 3 is 2.65 bits per heavy atom. The van der Waals surface area contributed by atoms with Crippen LogP contribution in [0, 0.1) is 0 Å². The van der Waals surface area contributed by atoms with E-state index in [2.05, 4.69) is 63.5 Å². The molecular formula is C22H25N3O. The number of aromatic nitrogens is 1. The summed E-state index contributed by atoms with van der Waals surface area (Å²) < 4.78 is 0. The monoisotopic (exact) mass is 347 g/mol. The molecule has 2 aromatic rings. The summed E-state index contributed by atoms with van der Waals surface area (Å²) in [6.45, 7) is 3.22. The SMILES string of the molecule is OC1=C(CN2CCCC2c2ccccn2)C=CN(Cc2ccccc2)C1. The van der Waals surface area contributed by atoms with Gasteiger partial charge in [0.1, 0.15) is 5.76 Å². The summed E-state index contributed by atoms with van der Waals surface area (Å²) in [5, 5.41) is 10.6. The van der Waals surface area contributed by atoms with Gasteiger partial charge in [-0.05, 0) is 43.2 Å². The minimum Gasteiger partial charge on any atom is -0.510 e. The lowest BCUT2D eigenvalue weighted by Gasteiger charge is -2.29. The Labute approximate surface area is 155 Å². The first kappa shape index (κ1) is 16.9. The predicted octanol–water partition coefficient (Wildman–Crippen LogP) is 4.06. The second-order valence-electron chi connectivity index (χ2n) is 7.06. The van der Waals surface area contributed by atoms with E-state index in [1.807, 2.05) is 18.3 Å². The zero-order chi connectivity index (χ0) is 17.8. The van der Waals surface area contributed by atoms with Crippen LogP contribution in [0.5, 0.6) is 0 Å². The maximum absolute atomic E-state index is 10.6. The molecule has 1 unspecified atom stereocenters. The minimum absolute atomic E-state index is 0.354. The van der Waals surface area contributed by atoms with E-state index < -0.39 is 0 Å². The molecule has 134 valence electrons. The van der Waals surface area contributed by atoms with E-state index in [-0.39, 0.29) is 0 Å². The van der Waals surface area contributed by atoms with Crippen molar-refractivity contribution >= 4 is 0 Å². The first-order valence-corrected chi connectivity index (χ1v) is 9.32. The summed E-state index contributed by atoms with van der Waals surface area (Å²) in [5.41, 5.74) is 3.41. The van der Waals surface area contributed by atoms with E-state index >= 15 is 0 Å². The molecule has 0 aliphatic carbocycles. The molecular weight excluding hydrogens is 322 g/mol. The lowest BCUT2D eigenvalue weighted by Crippen LogP contribution is -2.30. The zero-order valence-electron chi connectivity index (χ0n) is 15.0. The lowest BCUT2D eigenvalue weighted by atomic mass is 10.1. The molecule has 3 heterocycles. The third-order valence-corrected chi connectivity index (χ3v) is 5.20. The maximum atomic E-state index is 10.6. The van der Waals surface area contributed by atoms with Gasteiger partial charge in [-0.15, -0.1) is 0 Å². The van der Waals surface area contributed by atoms with Gasteiger partial charge >= 0.3 is 0 Å². The molecule has 0 spiro atoms. The van der Waals surface area contributed by atoms with Gasteiger partial charge in [0.25, 0.3) is 0 Å². The second-order valence-corrected chi connectivity index (χ2v) is 7.06. The van der Waals surface area contributed by atoms with Crippen molar-refractivity contribution in [2.45, 2.75) is 25.4 Å². The highest BCUT2D eigenvalue weighted by atomic mass is 16.3. The van der Waals surface area contributed by atoms with Crippen molar-refractivity contribution in [1.29, 1.82) is 0 Å². The summed E-state index contributed by atoms with van der Waals surface area (Å²) in [7, 11) is 0. The Hall–Kier alpha value is -2.59. The van der Waals surface area contributed by atoms with Crippen LogP contribution in [-0.4, -0.2) is 39.5 Å². The molecule has 1 fully saturated rings. The van der Waals surface area contributed by atoms with Crippen molar-refractivity contribution in [2.24, 2.45) is 0 Å². The van der Waals surface area contributed by atoms with Crippen LogP contribution in [0.25, 0.3) is 0 Å². The third-order valence-electron chi connectivity index (χ3n) is 5.20. The number of nitrogens with zero attached hydrogens (tertiary/aromatic N) is 3. The van der Waals surface area contributed by atoms with Gasteiger partial charge in [-0.1, -0.05) is 36.4 Å². The summed E-state index contributed by atoms with van der Waals surface area (Å²) in [4.78, 5) is 9.12. The third kappa shape index (κ3) is 3.81. The summed E-state index contributed by atoms with van der Waals surface area (Å²) in [6.07, 6.45) is 8.35. The molecule has 0 bridgehead atoms. The fourth-order valence-electron chi connectivity index (χ4n) is 3.85. The number of hydrogen-bond acceptors (Lipinski definition) is 4. The van der Waals surface area contributed by atoms with Gasteiger partial charge in [-0.2, -0.15) is 0 Å². The van der Waals surface area contributed by atoms with E-state index in [4.69, 9.17) is 0 Å². The molecule has 4 heteroatoms. The number of aliphatic hydroxyl groups excluding tert-OH is 1. The van der Waals surface area contributed by atoms with E-state index in [1.54, 1.807) is 0 Å². The lowest BCUT2D eigenvalue weighted by molar-refractivity contribution is 0.257. The molecule has 2 aliphatic rings. The topological polar surface area (TPSA) is 39.6 Å². The fraction of sp³-hybridized carbons (Fsp3) is 0.318. The second kappa shape index (κ2) is 7.75. The van der Waals surface area contributed by atoms with Crippen LogP contribution in [0.2, 0.25) is 0 Å². The summed E-state index contributed by atoms with van der Waals surface area (Å²) in [6, 6.07) is 16.8. The smallest absolute Gasteiger partial charge is 0.116 e. The van der Waals surface area contributed by atoms with Crippen LogP contribution >= 0.6 is 0 Å². The molecule has 1 aromatic carbocycles. The van der Waals surface area contributed by atoms with Crippen LogP contribution in [0.1, 0.15) is 30.1 Å². The Kier molecular flexibility index (Phi) is 5.02. The zero-order valence-corrected chi connectivity index (χ0v) is 15.0. The summed E-state index contributed by atoms with van der Waals surface area (Å²) in [5.74, 6) is 0.482. The van der Waals surface area contributed by atoms with Gasteiger partial charge in [0, 0.05) is 31.1 Å². The number of rotatable bonds is 5. The molecule has 26 heavy (non-hydrogen) atoms. The standard InChI is InChI=1S/C22H25N3O/c26-22-17-24(15-18-7-2-1-3-8-18)14-11-19(22)16-25-13-6-10-21(25)20-9-4-5-12-23-20/h1-5,7-9,11-12,14,21,26H,6,10,13,15-17H2. The van der Waals surface area contributed by atoms with Crippen molar-refractivity contribution in [1.82, 2.24) is 14.8 Å². The average molecular weight is 347 g/mol. The number of aliphatic hydroxyl groups is 1. The highest BCUT2D eigenvalue weighted by Crippen LogP contribution is 2.32. The first-order chi connectivity index (χ1) is 12.8. The fourth-order valence-corrected chi connectivity index (χ4v) is 3.85. The van der Waals surface area contributed by atoms with E-state index in [1.165, 1.54) is 12.0 Å². The van der Waals surface area contributed by atoms with Crippen molar-refractivity contribution < 1.29 is 5.11 Å². The van der Waals surface area contributed by atoms with Gasteiger partial charge < -0.3 is 10.0 Å². The molecule has 1 aromatic heterocycles. The van der Waals surface area contributed by atoms with Crippen molar-refractivity contribution in [3.05, 3.63) is 89.6 Å². The molecule has 4 nitrogen and oxygen atoms in total. The molecule has 0 radical (unpaired) electrons. The van der Waals surface area contributed by atoms with Crippen LogP contribution in [0.3, 0.4) is 0 Å². The maximum Gasteiger partial charge on any atom is 0.116 e. The van der Waals surface area contributed by atoms with Crippen molar-refractivity contribution in [3.63, 3.8) is 0 Å². The van der Waals surface area contributed by atoms with E-state index in [0.717, 1.165) is 37.3 Å². The van der Waals surface area contributed by atoms with Gasteiger partial charge in [0.15, 0.2) is 0 Å². The normalized spacial score (nSPS) is 20.8. The summed E-state index contributed by atoms with van der Waals surface area (Å²) >= 11 is 0. The van der Waals surface area contributed by atoms with Crippen LogP contribution < -0.4 is 0 Å². The van der Waals surface area contributed by atoms with Crippen LogP contribution in [0.4, 0.5) is 0 Å². The van der Waals surface area contributed by atoms with Gasteiger partial charge in [-0.25, -0.2) is 0 Å². The van der Waals surface area contributed by atoms with Gasteiger partial charge in [-0.3, -0.25) is 9.88 Å². The highest BCUT2D eigenvalue weighted by Gasteiger charge is 2.28.